The molecule has 0 fully saturated rings. The second-order valence-electron chi connectivity index (χ2n) is 6.05. The van der Waals surface area contributed by atoms with Crippen LogP contribution >= 0.6 is 0 Å². The lowest BCUT2D eigenvalue weighted by atomic mass is 10.0. The lowest BCUT2D eigenvalue weighted by Gasteiger charge is -2.10. The second kappa shape index (κ2) is 8.36. The number of aryl methyl sites for hydroxylation is 2. The van der Waals surface area contributed by atoms with Gasteiger partial charge in [-0.2, -0.15) is 0 Å². The van der Waals surface area contributed by atoms with E-state index in [2.05, 4.69) is 45.8 Å². The molecule has 0 aliphatic carbocycles. The van der Waals surface area contributed by atoms with Crippen molar-refractivity contribution >= 4 is 11.6 Å². The Morgan fingerprint density at radius 1 is 1.35 bits per heavy atom. The zero-order valence-electron chi connectivity index (χ0n) is 14.3. The van der Waals surface area contributed by atoms with Crippen LogP contribution in [0.1, 0.15) is 44.0 Å². The molecular formula is C18H27N5. The van der Waals surface area contributed by atoms with E-state index in [1.54, 1.807) is 0 Å². The Kier molecular flexibility index (Phi) is 6.20. The van der Waals surface area contributed by atoms with Gasteiger partial charge in [0.1, 0.15) is 5.82 Å². The van der Waals surface area contributed by atoms with Crippen LogP contribution in [0.5, 0.6) is 0 Å². The minimum Gasteiger partial charge on any atom is -0.370 e. The number of nitrogens with two attached hydrogens (primary N) is 1. The third-order valence-electron chi connectivity index (χ3n) is 3.84. The summed E-state index contributed by atoms with van der Waals surface area (Å²) < 4.78 is 2.16. The van der Waals surface area contributed by atoms with Crippen molar-refractivity contribution in [1.82, 2.24) is 9.55 Å². The molecule has 5 nitrogen and oxygen atoms in total. The van der Waals surface area contributed by atoms with Crippen molar-refractivity contribution in [1.29, 1.82) is 0 Å². The van der Waals surface area contributed by atoms with Gasteiger partial charge in [0.05, 0.1) is 0 Å². The van der Waals surface area contributed by atoms with Crippen LogP contribution in [0, 0.1) is 6.92 Å². The minimum absolute atomic E-state index is 0.477. The first-order valence-electron chi connectivity index (χ1n) is 8.21. The lowest BCUT2D eigenvalue weighted by Crippen LogP contribution is -2.23. The van der Waals surface area contributed by atoms with Crippen molar-refractivity contribution in [2.24, 2.45) is 10.7 Å². The number of rotatable bonds is 7. The van der Waals surface area contributed by atoms with E-state index in [1.807, 2.05) is 31.5 Å². The Labute approximate surface area is 138 Å². The maximum Gasteiger partial charge on any atom is 0.193 e. The second-order valence-corrected chi connectivity index (χ2v) is 6.05. The number of aliphatic imine (C=N–C) groups is 1. The minimum atomic E-state index is 0.477. The average Bonchev–Trinajstić information content (AvgIpc) is 2.92. The molecule has 1 aromatic heterocycles. The Bertz CT molecular complexity index is 642. The molecule has 0 aliphatic rings. The fraction of sp³-hybridized carbons (Fsp3) is 0.444. The van der Waals surface area contributed by atoms with Crippen molar-refractivity contribution in [2.45, 2.75) is 46.1 Å². The molecule has 0 unspecified atom stereocenters. The molecule has 3 N–H and O–H groups in total. The molecule has 5 heteroatoms. The molecule has 0 atom stereocenters. The molecule has 2 rings (SSSR count). The van der Waals surface area contributed by atoms with E-state index in [0.717, 1.165) is 37.4 Å². The SMILES string of the molecule is Cc1nccn1CCCCN=C(N)Nc1cccc(C(C)C)c1. The number of hydrogen-bond acceptors (Lipinski definition) is 2. The van der Waals surface area contributed by atoms with E-state index in [9.17, 15) is 0 Å². The standard InChI is InChI=1S/C18H27N5/c1-14(2)16-7-6-8-17(13-16)22-18(19)21-9-4-5-11-23-12-10-20-15(23)3/h6-8,10,12-14H,4-5,9,11H2,1-3H3,(H3,19,21,22). The summed E-state index contributed by atoms with van der Waals surface area (Å²) in [7, 11) is 0. The maximum atomic E-state index is 5.96. The summed E-state index contributed by atoms with van der Waals surface area (Å²) in [6.07, 6.45) is 5.92. The predicted molar refractivity (Wildman–Crippen MR) is 96.8 cm³/mol. The van der Waals surface area contributed by atoms with Gasteiger partial charge in [-0.25, -0.2) is 4.98 Å². The van der Waals surface area contributed by atoms with E-state index in [1.165, 1.54) is 5.56 Å². The van der Waals surface area contributed by atoms with E-state index in [4.69, 9.17) is 5.73 Å². The van der Waals surface area contributed by atoms with Gasteiger partial charge in [-0.3, -0.25) is 4.99 Å². The number of nitrogens with one attached hydrogen (secondary N) is 1. The fourth-order valence-electron chi connectivity index (χ4n) is 2.40. The first-order chi connectivity index (χ1) is 11.1. The summed E-state index contributed by atoms with van der Waals surface area (Å²) in [4.78, 5) is 8.61. The van der Waals surface area contributed by atoms with Gasteiger partial charge < -0.3 is 15.6 Å². The largest absolute Gasteiger partial charge is 0.370 e. The van der Waals surface area contributed by atoms with Gasteiger partial charge in [0.25, 0.3) is 0 Å². The molecule has 0 saturated carbocycles. The number of unbranched alkanes of at least 4 members (excludes halogenated alkanes) is 1. The zero-order valence-corrected chi connectivity index (χ0v) is 14.3. The van der Waals surface area contributed by atoms with E-state index in [-0.39, 0.29) is 0 Å². The van der Waals surface area contributed by atoms with Gasteiger partial charge in [0.15, 0.2) is 5.96 Å². The highest BCUT2D eigenvalue weighted by Gasteiger charge is 2.01. The molecule has 2 aromatic rings. The Morgan fingerprint density at radius 2 is 2.17 bits per heavy atom. The van der Waals surface area contributed by atoms with Crippen LogP contribution < -0.4 is 11.1 Å². The fourth-order valence-corrected chi connectivity index (χ4v) is 2.40. The van der Waals surface area contributed by atoms with E-state index in [0.29, 0.717) is 11.9 Å². The van der Waals surface area contributed by atoms with Crippen molar-refractivity contribution in [3.8, 4) is 0 Å². The summed E-state index contributed by atoms with van der Waals surface area (Å²) in [6, 6.07) is 8.30. The van der Waals surface area contributed by atoms with Crippen molar-refractivity contribution in [3.63, 3.8) is 0 Å². The smallest absolute Gasteiger partial charge is 0.193 e. The van der Waals surface area contributed by atoms with Crippen LogP contribution in [0.2, 0.25) is 0 Å². The highest BCUT2D eigenvalue weighted by Crippen LogP contribution is 2.18. The highest BCUT2D eigenvalue weighted by atomic mass is 15.1. The Hall–Kier alpha value is -2.30. The topological polar surface area (TPSA) is 68.2 Å². The monoisotopic (exact) mass is 313 g/mol. The van der Waals surface area contributed by atoms with Crippen molar-refractivity contribution in [3.05, 3.63) is 48.0 Å². The van der Waals surface area contributed by atoms with Crippen molar-refractivity contribution < 1.29 is 0 Å². The molecule has 0 aliphatic heterocycles. The molecular weight excluding hydrogens is 286 g/mol. The van der Waals surface area contributed by atoms with Gasteiger partial charge in [0.2, 0.25) is 0 Å². The van der Waals surface area contributed by atoms with E-state index < -0.39 is 0 Å². The molecule has 0 saturated heterocycles. The summed E-state index contributed by atoms with van der Waals surface area (Å²) in [5.74, 6) is 2.03. The predicted octanol–water partition coefficient (Wildman–Crippen LogP) is 3.52. The number of benzene rings is 1. The number of anilines is 1. The van der Waals surface area contributed by atoms with Crippen LogP contribution in [-0.2, 0) is 6.54 Å². The lowest BCUT2D eigenvalue weighted by molar-refractivity contribution is 0.602. The molecule has 124 valence electrons. The highest BCUT2D eigenvalue weighted by molar-refractivity contribution is 5.92. The first-order valence-corrected chi connectivity index (χ1v) is 8.21. The molecule has 1 aromatic carbocycles. The van der Waals surface area contributed by atoms with Crippen LogP contribution in [0.3, 0.4) is 0 Å². The summed E-state index contributed by atoms with van der Waals surface area (Å²) in [6.45, 7) is 8.09. The number of hydrogen-bond donors (Lipinski definition) is 2. The quantitative estimate of drug-likeness (QED) is 0.467. The molecule has 0 amide bonds. The number of nitrogens with zero attached hydrogens (tertiary/aromatic N) is 3. The summed E-state index contributed by atoms with van der Waals surface area (Å²) in [5.41, 5.74) is 8.24. The molecule has 0 spiro atoms. The maximum absolute atomic E-state index is 5.96. The van der Waals surface area contributed by atoms with Crippen LogP contribution in [0.25, 0.3) is 0 Å². The normalized spacial score (nSPS) is 11.9. The van der Waals surface area contributed by atoms with Crippen LogP contribution in [0.15, 0.2) is 41.7 Å². The molecule has 1 heterocycles. The van der Waals surface area contributed by atoms with Gasteiger partial charge in [-0.1, -0.05) is 26.0 Å². The van der Waals surface area contributed by atoms with Gasteiger partial charge in [-0.15, -0.1) is 0 Å². The van der Waals surface area contributed by atoms with Crippen LogP contribution in [-0.4, -0.2) is 22.1 Å². The first kappa shape index (κ1) is 17.1. The van der Waals surface area contributed by atoms with Crippen molar-refractivity contribution in [2.75, 3.05) is 11.9 Å². The third kappa shape index (κ3) is 5.43. The molecule has 0 radical (unpaired) electrons. The number of guanidine groups is 1. The zero-order chi connectivity index (χ0) is 16.7. The Balaban J connectivity index is 1.75. The van der Waals surface area contributed by atoms with Gasteiger partial charge in [-0.05, 0) is 43.4 Å². The average molecular weight is 313 g/mol. The van der Waals surface area contributed by atoms with Crippen LogP contribution in [0.4, 0.5) is 5.69 Å². The van der Waals surface area contributed by atoms with Gasteiger partial charge >= 0.3 is 0 Å². The summed E-state index contributed by atoms with van der Waals surface area (Å²) >= 11 is 0. The molecule has 0 bridgehead atoms. The molecule has 23 heavy (non-hydrogen) atoms. The van der Waals surface area contributed by atoms with E-state index >= 15 is 0 Å². The summed E-state index contributed by atoms with van der Waals surface area (Å²) in [5, 5.41) is 3.16. The third-order valence-corrected chi connectivity index (χ3v) is 3.84. The Morgan fingerprint density at radius 3 is 2.87 bits per heavy atom. The number of aromatic nitrogens is 2. The van der Waals surface area contributed by atoms with Gasteiger partial charge in [0, 0.05) is 31.2 Å². The number of imidazole rings is 1.